The fourth-order valence-electron chi connectivity index (χ4n) is 1.44. The molecule has 0 aliphatic heterocycles. The second-order valence-electron chi connectivity index (χ2n) is 3.96. The summed E-state index contributed by atoms with van der Waals surface area (Å²) in [5.41, 5.74) is 6.02. The van der Waals surface area contributed by atoms with Gasteiger partial charge in [-0.1, -0.05) is 0 Å². The van der Waals surface area contributed by atoms with Crippen molar-refractivity contribution in [2.45, 2.75) is 30.7 Å². The molecule has 0 aliphatic rings. The Morgan fingerprint density at radius 1 is 1.35 bits per heavy atom. The minimum atomic E-state index is -3.49. The van der Waals surface area contributed by atoms with Gasteiger partial charge in [-0.15, -0.1) is 0 Å². The van der Waals surface area contributed by atoms with Crippen molar-refractivity contribution < 1.29 is 13.5 Å². The predicted octanol–water partition coefficient (Wildman–Crippen LogP) is 0.708. The molecule has 0 radical (unpaired) electrons. The van der Waals surface area contributed by atoms with Crippen molar-refractivity contribution in [1.82, 2.24) is 4.72 Å². The first-order valence-electron chi connectivity index (χ1n) is 5.44. The molecule has 17 heavy (non-hydrogen) atoms. The largest absolute Gasteiger partial charge is 0.399 e. The predicted molar refractivity (Wildman–Crippen MR) is 67.0 cm³/mol. The van der Waals surface area contributed by atoms with Gasteiger partial charge in [0, 0.05) is 18.3 Å². The molecule has 1 aromatic rings. The second kappa shape index (κ2) is 6.00. The van der Waals surface area contributed by atoms with E-state index >= 15 is 0 Å². The molecule has 0 amide bonds. The number of anilines is 1. The average molecular weight is 258 g/mol. The molecule has 1 aromatic carbocycles. The molecule has 0 aromatic heterocycles. The van der Waals surface area contributed by atoms with Crippen LogP contribution in [0.2, 0.25) is 0 Å². The summed E-state index contributed by atoms with van der Waals surface area (Å²) in [6.07, 6.45) is 1.18. The van der Waals surface area contributed by atoms with E-state index in [-0.39, 0.29) is 17.5 Å². The Kier molecular flexibility index (Phi) is 4.92. The molecule has 1 rings (SSSR count). The third-order valence-corrected chi connectivity index (χ3v) is 3.95. The van der Waals surface area contributed by atoms with Crippen LogP contribution in [-0.4, -0.2) is 26.2 Å². The van der Waals surface area contributed by atoms with E-state index in [1.54, 1.807) is 19.1 Å². The molecule has 0 heterocycles. The van der Waals surface area contributed by atoms with Crippen LogP contribution in [0.15, 0.2) is 29.2 Å². The lowest BCUT2D eigenvalue weighted by molar-refractivity contribution is 0.279. The van der Waals surface area contributed by atoms with Crippen LogP contribution < -0.4 is 10.5 Å². The van der Waals surface area contributed by atoms with Crippen molar-refractivity contribution in [2.24, 2.45) is 0 Å². The van der Waals surface area contributed by atoms with Gasteiger partial charge in [-0.25, -0.2) is 13.1 Å². The van der Waals surface area contributed by atoms with Crippen LogP contribution in [0.1, 0.15) is 19.8 Å². The quantitative estimate of drug-likeness (QED) is 0.655. The Hall–Kier alpha value is -1.11. The first-order valence-corrected chi connectivity index (χ1v) is 6.93. The molecular weight excluding hydrogens is 240 g/mol. The molecule has 1 unspecified atom stereocenters. The van der Waals surface area contributed by atoms with Gasteiger partial charge in [-0.2, -0.15) is 0 Å². The molecule has 4 N–H and O–H groups in total. The summed E-state index contributed by atoms with van der Waals surface area (Å²) in [7, 11) is -3.49. The van der Waals surface area contributed by atoms with Crippen LogP contribution in [0.4, 0.5) is 5.69 Å². The smallest absolute Gasteiger partial charge is 0.240 e. The first-order chi connectivity index (χ1) is 7.95. The maximum absolute atomic E-state index is 11.9. The number of rotatable bonds is 6. The number of hydrogen-bond acceptors (Lipinski definition) is 4. The fourth-order valence-corrected chi connectivity index (χ4v) is 2.71. The van der Waals surface area contributed by atoms with Crippen LogP contribution in [0, 0.1) is 0 Å². The Bertz CT molecular complexity index is 442. The molecule has 6 heteroatoms. The standard InChI is InChI=1S/C11H18N2O3S/c1-9(3-2-8-14)13-17(15,16)11-6-4-10(12)5-7-11/h4-7,9,13-14H,2-3,8,12H2,1H3. The topological polar surface area (TPSA) is 92.4 Å². The van der Waals surface area contributed by atoms with E-state index in [0.29, 0.717) is 18.5 Å². The van der Waals surface area contributed by atoms with Crippen molar-refractivity contribution in [1.29, 1.82) is 0 Å². The van der Waals surface area contributed by atoms with Crippen LogP contribution >= 0.6 is 0 Å². The van der Waals surface area contributed by atoms with Gasteiger partial charge in [0.05, 0.1) is 4.90 Å². The van der Waals surface area contributed by atoms with Crippen LogP contribution in [0.25, 0.3) is 0 Å². The third-order valence-electron chi connectivity index (χ3n) is 2.34. The Morgan fingerprint density at radius 3 is 2.47 bits per heavy atom. The highest BCUT2D eigenvalue weighted by molar-refractivity contribution is 7.89. The fraction of sp³-hybridized carbons (Fsp3) is 0.455. The van der Waals surface area contributed by atoms with E-state index in [9.17, 15) is 8.42 Å². The minimum absolute atomic E-state index is 0.0634. The molecule has 0 spiro atoms. The molecule has 1 atom stereocenters. The molecular formula is C11H18N2O3S. The van der Waals surface area contributed by atoms with Crippen molar-refractivity contribution in [3.05, 3.63) is 24.3 Å². The van der Waals surface area contributed by atoms with Gasteiger partial charge in [-0.3, -0.25) is 0 Å². The Labute approximate surface area is 102 Å². The number of aliphatic hydroxyl groups is 1. The number of sulfonamides is 1. The number of hydrogen-bond donors (Lipinski definition) is 3. The summed E-state index contributed by atoms with van der Waals surface area (Å²) in [6.45, 7) is 1.83. The van der Waals surface area contributed by atoms with Gasteiger partial charge in [0.25, 0.3) is 0 Å². The lowest BCUT2D eigenvalue weighted by Gasteiger charge is -2.13. The highest BCUT2D eigenvalue weighted by atomic mass is 32.2. The van der Waals surface area contributed by atoms with E-state index in [0.717, 1.165) is 0 Å². The van der Waals surface area contributed by atoms with E-state index < -0.39 is 10.0 Å². The summed E-state index contributed by atoms with van der Waals surface area (Å²) in [6, 6.07) is 5.83. The lowest BCUT2D eigenvalue weighted by Crippen LogP contribution is -2.32. The number of nitrogens with two attached hydrogens (primary N) is 1. The number of aliphatic hydroxyl groups excluding tert-OH is 1. The van der Waals surface area contributed by atoms with Crippen molar-refractivity contribution >= 4 is 15.7 Å². The molecule has 96 valence electrons. The monoisotopic (exact) mass is 258 g/mol. The van der Waals surface area contributed by atoms with Gasteiger partial charge in [0.15, 0.2) is 0 Å². The minimum Gasteiger partial charge on any atom is -0.399 e. The number of nitrogen functional groups attached to an aromatic ring is 1. The van der Waals surface area contributed by atoms with Gasteiger partial charge >= 0.3 is 0 Å². The Morgan fingerprint density at radius 2 is 1.94 bits per heavy atom. The van der Waals surface area contributed by atoms with Gasteiger partial charge < -0.3 is 10.8 Å². The maximum Gasteiger partial charge on any atom is 0.240 e. The van der Waals surface area contributed by atoms with E-state index in [2.05, 4.69) is 4.72 Å². The van der Waals surface area contributed by atoms with E-state index in [4.69, 9.17) is 10.8 Å². The molecule has 0 aliphatic carbocycles. The first kappa shape index (κ1) is 14.0. The zero-order valence-corrected chi connectivity index (χ0v) is 10.6. The highest BCUT2D eigenvalue weighted by Crippen LogP contribution is 2.12. The van der Waals surface area contributed by atoms with Gasteiger partial charge in [-0.05, 0) is 44.0 Å². The molecule has 0 saturated carbocycles. The summed E-state index contributed by atoms with van der Waals surface area (Å²) in [5, 5.41) is 8.67. The van der Waals surface area contributed by atoms with Crippen LogP contribution in [-0.2, 0) is 10.0 Å². The summed E-state index contributed by atoms with van der Waals surface area (Å²) in [5.74, 6) is 0. The van der Waals surface area contributed by atoms with Crippen molar-refractivity contribution in [3.63, 3.8) is 0 Å². The molecule has 0 saturated heterocycles. The van der Waals surface area contributed by atoms with Gasteiger partial charge in [0.2, 0.25) is 10.0 Å². The summed E-state index contributed by atoms with van der Waals surface area (Å²) >= 11 is 0. The van der Waals surface area contributed by atoms with E-state index in [1.165, 1.54) is 12.1 Å². The zero-order valence-electron chi connectivity index (χ0n) is 9.76. The van der Waals surface area contributed by atoms with Crippen LogP contribution in [0.3, 0.4) is 0 Å². The SMILES string of the molecule is CC(CCCO)NS(=O)(=O)c1ccc(N)cc1. The molecule has 0 fully saturated rings. The molecule has 0 bridgehead atoms. The highest BCUT2D eigenvalue weighted by Gasteiger charge is 2.16. The van der Waals surface area contributed by atoms with Crippen LogP contribution in [0.5, 0.6) is 0 Å². The zero-order chi connectivity index (χ0) is 12.9. The summed E-state index contributed by atoms with van der Waals surface area (Å²) in [4.78, 5) is 0.197. The average Bonchev–Trinajstić information content (AvgIpc) is 2.26. The second-order valence-corrected chi connectivity index (χ2v) is 5.67. The Balaban J connectivity index is 2.71. The number of nitrogens with one attached hydrogen (secondary N) is 1. The third kappa shape index (κ3) is 4.33. The lowest BCUT2D eigenvalue weighted by atomic mass is 10.2. The normalized spacial score (nSPS) is 13.5. The summed E-state index contributed by atoms with van der Waals surface area (Å²) < 4.78 is 26.4. The van der Waals surface area contributed by atoms with E-state index in [1.807, 2.05) is 0 Å². The molecule has 5 nitrogen and oxygen atoms in total. The number of benzene rings is 1. The maximum atomic E-state index is 11.9. The van der Waals surface area contributed by atoms with Crippen molar-refractivity contribution in [3.8, 4) is 0 Å². The van der Waals surface area contributed by atoms with Gasteiger partial charge in [0.1, 0.15) is 0 Å². The van der Waals surface area contributed by atoms with Crippen molar-refractivity contribution in [2.75, 3.05) is 12.3 Å².